The Bertz CT molecular complexity index is 595. The van der Waals surface area contributed by atoms with Crippen LogP contribution in [0.25, 0.3) is 0 Å². The van der Waals surface area contributed by atoms with Gasteiger partial charge in [0.1, 0.15) is 5.71 Å². The predicted octanol–water partition coefficient (Wildman–Crippen LogP) is 0.172. The lowest BCUT2D eigenvalue weighted by atomic mass is 10.1. The zero-order valence-corrected chi connectivity index (χ0v) is 11.0. The molecule has 0 radical (unpaired) electrons. The molecular formula is C14H16N4O2. The van der Waals surface area contributed by atoms with Gasteiger partial charge in [0.05, 0.1) is 0 Å². The maximum Gasteiger partial charge on any atom is 0.267 e. The van der Waals surface area contributed by atoms with Crippen molar-refractivity contribution < 1.29 is 9.59 Å². The van der Waals surface area contributed by atoms with Crippen molar-refractivity contribution in [3.05, 3.63) is 34.9 Å². The van der Waals surface area contributed by atoms with Crippen LogP contribution in [-0.2, 0) is 29.2 Å². The number of hydrogen-bond donors (Lipinski definition) is 3. The maximum absolute atomic E-state index is 11.9. The van der Waals surface area contributed by atoms with Crippen molar-refractivity contribution in [2.24, 2.45) is 5.10 Å². The number of fused-ring (bicyclic) bond motifs is 1. The lowest BCUT2D eigenvalue weighted by Crippen LogP contribution is -2.36. The average Bonchev–Trinajstić information content (AvgIpc) is 2.93. The van der Waals surface area contributed by atoms with Gasteiger partial charge in [0.25, 0.3) is 5.91 Å². The van der Waals surface area contributed by atoms with Crippen molar-refractivity contribution in [3.63, 3.8) is 0 Å². The molecule has 104 valence electrons. The second kappa shape index (κ2) is 5.42. The molecule has 0 spiro atoms. The summed E-state index contributed by atoms with van der Waals surface area (Å²) in [6.45, 7) is 2.27. The predicted molar refractivity (Wildman–Crippen MR) is 73.6 cm³/mol. The summed E-state index contributed by atoms with van der Waals surface area (Å²) < 4.78 is 0. The standard InChI is InChI=1S/C14H16N4O2/c19-13-4-3-12(17-18-13)14(20)16-6-9-1-2-10-7-15-8-11(10)5-9/h1-2,5,15H,3-4,6-8H2,(H,16,20)(H,18,19). The van der Waals surface area contributed by atoms with Crippen LogP contribution in [0.3, 0.4) is 0 Å². The molecule has 20 heavy (non-hydrogen) atoms. The van der Waals surface area contributed by atoms with Crippen LogP contribution in [0.1, 0.15) is 29.5 Å². The van der Waals surface area contributed by atoms with Crippen molar-refractivity contribution >= 4 is 17.5 Å². The highest BCUT2D eigenvalue weighted by molar-refractivity contribution is 6.39. The van der Waals surface area contributed by atoms with Crippen LogP contribution >= 0.6 is 0 Å². The van der Waals surface area contributed by atoms with E-state index in [9.17, 15) is 9.59 Å². The van der Waals surface area contributed by atoms with Crippen LogP contribution in [0.2, 0.25) is 0 Å². The highest BCUT2D eigenvalue weighted by atomic mass is 16.2. The van der Waals surface area contributed by atoms with Crippen LogP contribution in [0, 0.1) is 0 Å². The molecule has 1 aromatic carbocycles. The molecule has 0 saturated carbocycles. The first-order chi connectivity index (χ1) is 9.72. The van der Waals surface area contributed by atoms with Crippen LogP contribution in [0.4, 0.5) is 0 Å². The number of carbonyl (C=O) groups excluding carboxylic acids is 2. The zero-order chi connectivity index (χ0) is 13.9. The fourth-order valence-electron chi connectivity index (χ4n) is 2.38. The van der Waals surface area contributed by atoms with E-state index < -0.39 is 0 Å². The van der Waals surface area contributed by atoms with Crippen molar-refractivity contribution in [1.29, 1.82) is 0 Å². The summed E-state index contributed by atoms with van der Waals surface area (Å²) in [6.07, 6.45) is 0.711. The van der Waals surface area contributed by atoms with E-state index in [2.05, 4.69) is 33.3 Å². The van der Waals surface area contributed by atoms with Gasteiger partial charge in [-0.25, -0.2) is 5.43 Å². The van der Waals surface area contributed by atoms with E-state index >= 15 is 0 Å². The van der Waals surface area contributed by atoms with Crippen LogP contribution in [0.15, 0.2) is 23.3 Å². The SMILES string of the molecule is O=C1CCC(C(=O)NCc2ccc3c(c2)CNC3)=NN1. The van der Waals surface area contributed by atoms with Gasteiger partial charge in [0.15, 0.2) is 0 Å². The summed E-state index contributed by atoms with van der Waals surface area (Å²) in [5.41, 5.74) is 6.39. The van der Waals surface area contributed by atoms with Gasteiger partial charge in [-0.15, -0.1) is 0 Å². The molecule has 2 aliphatic heterocycles. The number of rotatable bonds is 3. The number of nitrogens with zero attached hydrogens (tertiary/aromatic N) is 1. The Labute approximate surface area is 116 Å². The topological polar surface area (TPSA) is 82.6 Å². The van der Waals surface area contributed by atoms with E-state index in [0.717, 1.165) is 18.7 Å². The number of benzene rings is 1. The fourth-order valence-corrected chi connectivity index (χ4v) is 2.38. The fraction of sp³-hybridized carbons (Fsp3) is 0.357. The van der Waals surface area contributed by atoms with Gasteiger partial charge < -0.3 is 10.6 Å². The minimum atomic E-state index is -0.219. The molecule has 1 aromatic rings. The van der Waals surface area contributed by atoms with Gasteiger partial charge in [0, 0.05) is 32.5 Å². The van der Waals surface area contributed by atoms with Crippen LogP contribution < -0.4 is 16.1 Å². The third kappa shape index (κ3) is 2.70. The number of amides is 2. The summed E-state index contributed by atoms with van der Waals surface area (Å²) in [7, 11) is 0. The Balaban J connectivity index is 1.59. The zero-order valence-electron chi connectivity index (χ0n) is 11.0. The van der Waals surface area contributed by atoms with Crippen molar-refractivity contribution in [1.82, 2.24) is 16.1 Å². The molecule has 2 amide bonds. The molecule has 6 heteroatoms. The summed E-state index contributed by atoms with van der Waals surface area (Å²) in [4.78, 5) is 22.9. The first-order valence-corrected chi connectivity index (χ1v) is 6.67. The molecule has 0 fully saturated rings. The third-order valence-corrected chi connectivity index (χ3v) is 3.52. The van der Waals surface area contributed by atoms with E-state index in [0.29, 0.717) is 25.1 Å². The number of carbonyl (C=O) groups is 2. The number of nitrogens with one attached hydrogen (secondary N) is 3. The lowest BCUT2D eigenvalue weighted by Gasteiger charge is -2.12. The molecule has 0 saturated heterocycles. The Hall–Kier alpha value is -2.21. The molecule has 0 aromatic heterocycles. The van der Waals surface area contributed by atoms with E-state index in [1.807, 2.05) is 6.07 Å². The molecule has 6 nitrogen and oxygen atoms in total. The quantitative estimate of drug-likeness (QED) is 0.733. The average molecular weight is 272 g/mol. The molecule has 0 atom stereocenters. The summed E-state index contributed by atoms with van der Waals surface area (Å²) in [5.74, 6) is -0.365. The van der Waals surface area contributed by atoms with Gasteiger partial charge in [-0.05, 0) is 16.7 Å². The first-order valence-electron chi connectivity index (χ1n) is 6.67. The van der Waals surface area contributed by atoms with Gasteiger partial charge in [-0.2, -0.15) is 5.10 Å². The monoisotopic (exact) mass is 272 g/mol. The van der Waals surface area contributed by atoms with Gasteiger partial charge in [-0.3, -0.25) is 9.59 Å². The van der Waals surface area contributed by atoms with Crippen molar-refractivity contribution in [2.45, 2.75) is 32.5 Å². The second-order valence-corrected chi connectivity index (χ2v) is 4.98. The Morgan fingerprint density at radius 3 is 2.90 bits per heavy atom. The van der Waals surface area contributed by atoms with Crippen LogP contribution in [0.5, 0.6) is 0 Å². The highest BCUT2D eigenvalue weighted by Gasteiger charge is 2.18. The van der Waals surface area contributed by atoms with Crippen molar-refractivity contribution in [2.75, 3.05) is 0 Å². The summed E-state index contributed by atoms with van der Waals surface area (Å²) in [5, 5.41) is 9.90. The minimum absolute atomic E-state index is 0.146. The second-order valence-electron chi connectivity index (χ2n) is 4.98. The molecule has 3 rings (SSSR count). The smallest absolute Gasteiger partial charge is 0.267 e. The molecule has 3 N–H and O–H groups in total. The highest BCUT2D eigenvalue weighted by Crippen LogP contribution is 2.16. The Kier molecular flexibility index (Phi) is 3.47. The molecule has 0 unspecified atom stereocenters. The summed E-state index contributed by atoms with van der Waals surface area (Å²) >= 11 is 0. The Morgan fingerprint density at radius 2 is 2.10 bits per heavy atom. The minimum Gasteiger partial charge on any atom is -0.347 e. The summed E-state index contributed by atoms with van der Waals surface area (Å²) in [6, 6.07) is 6.23. The molecule has 2 aliphatic rings. The lowest BCUT2D eigenvalue weighted by molar-refractivity contribution is -0.121. The molecule has 2 heterocycles. The third-order valence-electron chi connectivity index (χ3n) is 3.52. The van der Waals surface area contributed by atoms with Gasteiger partial charge >= 0.3 is 0 Å². The molecule has 0 bridgehead atoms. The van der Waals surface area contributed by atoms with E-state index in [-0.39, 0.29) is 11.8 Å². The van der Waals surface area contributed by atoms with Crippen LogP contribution in [-0.4, -0.2) is 17.5 Å². The van der Waals surface area contributed by atoms with E-state index in [4.69, 9.17) is 0 Å². The largest absolute Gasteiger partial charge is 0.347 e. The number of hydrazone groups is 1. The van der Waals surface area contributed by atoms with Gasteiger partial charge in [0.2, 0.25) is 5.91 Å². The van der Waals surface area contributed by atoms with Gasteiger partial charge in [-0.1, -0.05) is 18.2 Å². The molecular weight excluding hydrogens is 256 g/mol. The maximum atomic E-state index is 11.9. The van der Waals surface area contributed by atoms with Crippen molar-refractivity contribution in [3.8, 4) is 0 Å². The molecule has 0 aliphatic carbocycles. The van der Waals surface area contributed by atoms with E-state index in [1.165, 1.54) is 11.1 Å². The van der Waals surface area contributed by atoms with E-state index in [1.54, 1.807) is 0 Å². The normalized spacial score (nSPS) is 17.2. The first kappa shape index (κ1) is 12.8. The Morgan fingerprint density at radius 1 is 1.25 bits per heavy atom. The number of hydrogen-bond acceptors (Lipinski definition) is 4.